The molecule has 5 atom stereocenters. The monoisotopic (exact) mass is 381 g/mol. The Balaban J connectivity index is 1.64. The molecule has 1 saturated carbocycles. The van der Waals surface area contributed by atoms with Crippen LogP contribution < -0.4 is 0 Å². The van der Waals surface area contributed by atoms with Crippen LogP contribution in [0, 0.1) is 23.7 Å². The van der Waals surface area contributed by atoms with Gasteiger partial charge >= 0.3 is 0 Å². The Hall–Kier alpha value is -2.47. The van der Waals surface area contributed by atoms with Crippen LogP contribution >= 0.6 is 0 Å². The highest BCUT2D eigenvalue weighted by atomic mass is 16.8. The molecule has 0 bridgehead atoms. The van der Waals surface area contributed by atoms with E-state index in [2.05, 4.69) is 31.4 Å². The number of hydrogen-bond donors (Lipinski definition) is 1. The van der Waals surface area contributed by atoms with Crippen molar-refractivity contribution < 1.29 is 14.6 Å². The molecule has 3 aliphatic rings. The number of nitrogens with zero attached hydrogens (tertiary/aromatic N) is 5. The summed E-state index contributed by atoms with van der Waals surface area (Å²) in [6.45, 7) is 3.81. The third kappa shape index (κ3) is 2.21. The molecule has 2 aliphatic carbocycles. The first kappa shape index (κ1) is 17.6. The molecule has 1 saturated heterocycles. The van der Waals surface area contributed by atoms with E-state index in [0.717, 1.165) is 11.0 Å². The first-order valence-corrected chi connectivity index (χ1v) is 9.40. The van der Waals surface area contributed by atoms with E-state index in [1.54, 1.807) is 6.34 Å². The van der Waals surface area contributed by atoms with Gasteiger partial charge in [0, 0.05) is 32.8 Å². The Morgan fingerprint density at radius 1 is 1.36 bits per heavy atom. The topological polar surface area (TPSA) is 85.0 Å². The molecule has 2 aromatic heterocycles. The summed E-state index contributed by atoms with van der Waals surface area (Å²) in [7, 11) is 3.82. The van der Waals surface area contributed by atoms with Crippen LogP contribution in [0.1, 0.15) is 13.8 Å². The number of fused-ring (bicyclic) bond motifs is 4. The average molecular weight is 381 g/mol. The fourth-order valence-electron chi connectivity index (χ4n) is 4.68. The van der Waals surface area contributed by atoms with Crippen LogP contribution in [-0.4, -0.2) is 69.6 Å². The van der Waals surface area contributed by atoms with Crippen LogP contribution in [-0.2, 0) is 15.0 Å². The number of ether oxygens (including phenoxy) is 2. The molecule has 0 unspecified atom stereocenters. The zero-order valence-electron chi connectivity index (χ0n) is 16.3. The van der Waals surface area contributed by atoms with Crippen LogP contribution in [0.2, 0.25) is 0 Å². The van der Waals surface area contributed by atoms with Gasteiger partial charge in [0.25, 0.3) is 0 Å². The molecule has 0 amide bonds. The molecule has 8 heteroatoms. The van der Waals surface area contributed by atoms with Crippen molar-refractivity contribution in [2.24, 2.45) is 16.8 Å². The summed E-state index contributed by atoms with van der Waals surface area (Å²) in [5, 5.41) is 10.9. The molecular formula is C20H23N5O3. The van der Waals surface area contributed by atoms with Gasteiger partial charge in [-0.1, -0.05) is 11.8 Å². The van der Waals surface area contributed by atoms with Gasteiger partial charge in [-0.15, -0.1) is 0 Å². The van der Waals surface area contributed by atoms with E-state index in [9.17, 15) is 5.11 Å². The van der Waals surface area contributed by atoms with Crippen LogP contribution in [0.15, 0.2) is 23.6 Å². The quantitative estimate of drug-likeness (QED) is 0.485. The van der Waals surface area contributed by atoms with Crippen LogP contribution in [0.3, 0.4) is 0 Å². The van der Waals surface area contributed by atoms with E-state index in [4.69, 9.17) is 9.47 Å². The van der Waals surface area contributed by atoms with Crippen molar-refractivity contribution in [3.8, 4) is 11.8 Å². The molecule has 2 fully saturated rings. The minimum absolute atomic E-state index is 0.00820. The number of rotatable bonds is 4. The summed E-state index contributed by atoms with van der Waals surface area (Å²) in [6, 6.07) is 1.96. The molecule has 5 rings (SSSR count). The Labute approximate surface area is 163 Å². The average Bonchev–Trinajstić information content (AvgIpc) is 3.22. The van der Waals surface area contributed by atoms with Gasteiger partial charge in [0.05, 0.1) is 23.7 Å². The van der Waals surface area contributed by atoms with Gasteiger partial charge in [-0.25, -0.2) is 15.0 Å². The SMILES string of the molecule is CN(C)/C=N/c1ncnc2c1ccn2[C@]12C#C[C@H]1[C@H](CO)[C@H]1OC(C)(C)O[C@H]12. The summed E-state index contributed by atoms with van der Waals surface area (Å²) in [5.41, 5.74) is 0.148. The fraction of sp³-hybridized carbons (Fsp3) is 0.550. The molecular weight excluding hydrogens is 358 g/mol. The maximum absolute atomic E-state index is 10.0. The molecule has 0 radical (unpaired) electrons. The highest BCUT2D eigenvalue weighted by Crippen LogP contribution is 2.57. The van der Waals surface area contributed by atoms with Gasteiger partial charge in [0.1, 0.15) is 23.6 Å². The predicted molar refractivity (Wildman–Crippen MR) is 103 cm³/mol. The van der Waals surface area contributed by atoms with Crippen molar-refractivity contribution in [1.82, 2.24) is 19.4 Å². The minimum Gasteiger partial charge on any atom is -0.396 e. The lowest BCUT2D eigenvalue weighted by Crippen LogP contribution is -2.51. The van der Waals surface area contributed by atoms with Crippen molar-refractivity contribution >= 4 is 23.2 Å². The molecule has 0 spiro atoms. The lowest BCUT2D eigenvalue weighted by Gasteiger charge is -2.40. The number of aliphatic imine (C=N–C) groups is 1. The Morgan fingerprint density at radius 3 is 2.86 bits per heavy atom. The molecule has 1 aliphatic heterocycles. The largest absolute Gasteiger partial charge is 0.396 e. The van der Waals surface area contributed by atoms with Crippen molar-refractivity contribution in [3.05, 3.63) is 18.6 Å². The van der Waals surface area contributed by atoms with Gasteiger partial charge in [-0.05, 0) is 19.9 Å². The fourth-order valence-corrected chi connectivity index (χ4v) is 4.68. The van der Waals surface area contributed by atoms with Gasteiger partial charge < -0.3 is 24.0 Å². The van der Waals surface area contributed by atoms with E-state index < -0.39 is 11.3 Å². The number of hydrogen-bond acceptors (Lipinski definition) is 6. The number of aliphatic hydroxyl groups excluding tert-OH is 1. The van der Waals surface area contributed by atoms with E-state index in [1.165, 1.54) is 6.33 Å². The highest BCUT2D eigenvalue weighted by molar-refractivity contribution is 5.87. The van der Waals surface area contributed by atoms with Crippen LogP contribution in [0.4, 0.5) is 5.82 Å². The number of aliphatic hydroxyl groups is 1. The summed E-state index contributed by atoms with van der Waals surface area (Å²) in [6.07, 6.45) is 4.71. The lowest BCUT2D eigenvalue weighted by atomic mass is 9.75. The summed E-state index contributed by atoms with van der Waals surface area (Å²) >= 11 is 0. The lowest BCUT2D eigenvalue weighted by molar-refractivity contribution is -0.171. The van der Waals surface area contributed by atoms with Crippen molar-refractivity contribution in [2.75, 3.05) is 20.7 Å². The summed E-state index contributed by atoms with van der Waals surface area (Å²) in [4.78, 5) is 15.2. The third-order valence-electron chi connectivity index (χ3n) is 5.80. The maximum Gasteiger partial charge on any atom is 0.166 e. The molecule has 28 heavy (non-hydrogen) atoms. The Bertz CT molecular complexity index is 1030. The molecule has 3 heterocycles. The second kappa shape index (κ2) is 5.77. The number of aromatic nitrogens is 3. The highest BCUT2D eigenvalue weighted by Gasteiger charge is 2.69. The van der Waals surface area contributed by atoms with E-state index in [-0.39, 0.29) is 30.7 Å². The van der Waals surface area contributed by atoms with Crippen molar-refractivity contribution in [3.63, 3.8) is 0 Å². The first-order valence-electron chi connectivity index (χ1n) is 9.40. The van der Waals surface area contributed by atoms with Gasteiger partial charge in [-0.2, -0.15) is 0 Å². The van der Waals surface area contributed by atoms with Gasteiger partial charge in [0.15, 0.2) is 11.6 Å². The molecule has 146 valence electrons. The first-order chi connectivity index (χ1) is 13.4. The second-order valence-corrected chi connectivity index (χ2v) is 8.27. The molecule has 8 nitrogen and oxygen atoms in total. The Morgan fingerprint density at radius 2 is 2.18 bits per heavy atom. The van der Waals surface area contributed by atoms with Crippen LogP contribution in [0.25, 0.3) is 11.0 Å². The Kier molecular flexibility index (Phi) is 3.63. The van der Waals surface area contributed by atoms with E-state index >= 15 is 0 Å². The van der Waals surface area contributed by atoms with Gasteiger partial charge in [0.2, 0.25) is 0 Å². The predicted octanol–water partition coefficient (Wildman–Crippen LogP) is 1.12. The van der Waals surface area contributed by atoms with Crippen LogP contribution in [0.5, 0.6) is 0 Å². The van der Waals surface area contributed by atoms with Crippen molar-refractivity contribution in [2.45, 2.75) is 37.4 Å². The third-order valence-corrected chi connectivity index (χ3v) is 5.80. The van der Waals surface area contributed by atoms with E-state index in [0.29, 0.717) is 5.82 Å². The minimum atomic E-state index is -0.711. The summed E-state index contributed by atoms with van der Waals surface area (Å²) < 4.78 is 14.5. The van der Waals surface area contributed by atoms with Crippen molar-refractivity contribution in [1.29, 1.82) is 0 Å². The molecule has 2 aromatic rings. The summed E-state index contributed by atoms with van der Waals surface area (Å²) in [5.74, 6) is 6.33. The molecule has 1 N–H and O–H groups in total. The van der Waals surface area contributed by atoms with E-state index in [1.807, 2.05) is 45.1 Å². The standard InChI is InChI=1S/C20H23N5O3/c1-19(2)27-15-13(9-26)14-5-7-20(14,16(15)28-19)25-8-6-12-17(23-11-24(3)4)21-10-22-18(12)25/h6,8,10-11,13-16,26H,9H2,1-4H3/b23-11+/t13-,14-,15+,16+,20+/m0/s1. The zero-order valence-corrected chi connectivity index (χ0v) is 16.3. The second-order valence-electron chi connectivity index (χ2n) is 8.27. The molecule has 0 aromatic carbocycles. The smallest absolute Gasteiger partial charge is 0.166 e. The van der Waals surface area contributed by atoms with Gasteiger partial charge in [-0.3, -0.25) is 0 Å². The normalized spacial score (nSPS) is 34.8. The zero-order chi connectivity index (χ0) is 19.7. The maximum atomic E-state index is 10.0.